The van der Waals surface area contributed by atoms with Crippen molar-refractivity contribution in [3.05, 3.63) is 98.8 Å². The van der Waals surface area contributed by atoms with Crippen molar-refractivity contribution in [3.63, 3.8) is 0 Å². The highest BCUT2D eigenvalue weighted by molar-refractivity contribution is 6.34. The van der Waals surface area contributed by atoms with Crippen LogP contribution in [0.15, 0.2) is 66.7 Å². The van der Waals surface area contributed by atoms with Gasteiger partial charge >= 0.3 is 0 Å². The van der Waals surface area contributed by atoms with Crippen molar-refractivity contribution in [2.75, 3.05) is 11.9 Å². The predicted molar refractivity (Wildman–Crippen MR) is 129 cm³/mol. The third-order valence-electron chi connectivity index (χ3n) is 5.29. The van der Waals surface area contributed by atoms with E-state index in [9.17, 15) is 19.7 Å². The van der Waals surface area contributed by atoms with Crippen molar-refractivity contribution in [1.29, 1.82) is 0 Å². The van der Waals surface area contributed by atoms with E-state index in [-0.39, 0.29) is 27.7 Å². The molecule has 0 bridgehead atoms. The minimum atomic E-state index is -0.596. The Morgan fingerprint density at radius 1 is 1.03 bits per heavy atom. The van der Waals surface area contributed by atoms with Crippen LogP contribution < -0.4 is 10.6 Å². The summed E-state index contributed by atoms with van der Waals surface area (Å²) in [6, 6.07) is 17.9. The molecule has 0 saturated carbocycles. The fraction of sp³-hybridized carbons (Fsp3) is 0.125. The third kappa shape index (κ3) is 4.74. The van der Waals surface area contributed by atoms with Gasteiger partial charge in [0.05, 0.1) is 37.8 Å². The van der Waals surface area contributed by atoms with Gasteiger partial charge in [0.25, 0.3) is 17.5 Å². The van der Waals surface area contributed by atoms with E-state index >= 15 is 0 Å². The normalized spacial score (nSPS) is 10.8. The van der Waals surface area contributed by atoms with Gasteiger partial charge in [-0.1, -0.05) is 35.9 Å². The van der Waals surface area contributed by atoms with Crippen LogP contribution in [-0.4, -0.2) is 32.8 Å². The lowest BCUT2D eigenvalue weighted by Gasteiger charge is -2.13. The lowest BCUT2D eigenvalue weighted by molar-refractivity contribution is -0.384. The largest absolute Gasteiger partial charge is 0.350 e. The standard InChI is InChI=1S/C24H20ClN5O4/c1-15-27-21-8-4-5-9-22(21)29(15)13-12-26-23(31)18-6-2-3-7-20(18)28-24(32)17-11-10-16(30(33)34)14-19(17)25/h2-11,14H,12-13H2,1H3,(H,26,31)(H,28,32). The summed E-state index contributed by atoms with van der Waals surface area (Å²) >= 11 is 6.06. The average molecular weight is 478 g/mol. The van der Waals surface area contributed by atoms with E-state index in [0.29, 0.717) is 18.8 Å². The highest BCUT2D eigenvalue weighted by Gasteiger charge is 2.18. The van der Waals surface area contributed by atoms with E-state index in [2.05, 4.69) is 15.6 Å². The number of nitrogens with one attached hydrogen (secondary N) is 2. The number of para-hydroxylation sites is 3. The number of nitro benzene ring substituents is 1. The quantitative estimate of drug-likeness (QED) is 0.298. The van der Waals surface area contributed by atoms with E-state index in [1.165, 1.54) is 12.1 Å². The fourth-order valence-electron chi connectivity index (χ4n) is 3.64. The van der Waals surface area contributed by atoms with E-state index < -0.39 is 10.8 Å². The molecule has 172 valence electrons. The Labute approximate surface area is 199 Å². The summed E-state index contributed by atoms with van der Waals surface area (Å²) in [5.74, 6) is -0.0866. The zero-order valence-electron chi connectivity index (χ0n) is 18.1. The Morgan fingerprint density at radius 2 is 1.76 bits per heavy atom. The number of fused-ring (bicyclic) bond motifs is 1. The van der Waals surface area contributed by atoms with Crippen LogP contribution in [0.25, 0.3) is 11.0 Å². The number of anilines is 1. The predicted octanol–water partition coefficient (Wildman–Crippen LogP) is 4.59. The van der Waals surface area contributed by atoms with Crippen molar-refractivity contribution in [3.8, 4) is 0 Å². The first-order valence-electron chi connectivity index (χ1n) is 10.4. The second-order valence-electron chi connectivity index (χ2n) is 7.48. The van der Waals surface area contributed by atoms with Gasteiger partial charge < -0.3 is 15.2 Å². The molecule has 9 nitrogen and oxygen atoms in total. The van der Waals surface area contributed by atoms with Gasteiger partial charge in [-0.2, -0.15) is 0 Å². The zero-order valence-corrected chi connectivity index (χ0v) is 18.9. The van der Waals surface area contributed by atoms with E-state index in [4.69, 9.17) is 11.6 Å². The number of hydrogen-bond acceptors (Lipinski definition) is 5. The molecule has 0 atom stereocenters. The van der Waals surface area contributed by atoms with Crippen molar-refractivity contribution in [1.82, 2.24) is 14.9 Å². The number of carbonyl (C=O) groups is 2. The summed E-state index contributed by atoms with van der Waals surface area (Å²) in [7, 11) is 0. The zero-order chi connectivity index (χ0) is 24.2. The van der Waals surface area contributed by atoms with Crippen LogP contribution in [0.4, 0.5) is 11.4 Å². The third-order valence-corrected chi connectivity index (χ3v) is 5.61. The molecule has 0 fully saturated rings. The van der Waals surface area contributed by atoms with E-state index in [1.54, 1.807) is 24.3 Å². The Hall–Kier alpha value is -4.24. The number of nitro groups is 1. The Bertz CT molecular complexity index is 1420. The van der Waals surface area contributed by atoms with Gasteiger partial charge in [0.2, 0.25) is 0 Å². The monoisotopic (exact) mass is 477 g/mol. The molecule has 0 radical (unpaired) electrons. The number of hydrogen-bond donors (Lipinski definition) is 2. The lowest BCUT2D eigenvalue weighted by atomic mass is 10.1. The highest BCUT2D eigenvalue weighted by atomic mass is 35.5. The molecular formula is C24H20ClN5O4. The van der Waals surface area contributed by atoms with Crippen molar-refractivity contribution in [2.45, 2.75) is 13.5 Å². The minimum absolute atomic E-state index is 0.0587. The Morgan fingerprint density at radius 3 is 2.53 bits per heavy atom. The summed E-state index contributed by atoms with van der Waals surface area (Å²) in [6.07, 6.45) is 0. The first kappa shape index (κ1) is 22.9. The molecule has 3 aromatic carbocycles. The molecule has 2 N–H and O–H groups in total. The molecule has 1 aromatic heterocycles. The molecule has 0 spiro atoms. The fourth-order valence-corrected chi connectivity index (χ4v) is 3.90. The molecule has 4 aromatic rings. The first-order valence-corrected chi connectivity index (χ1v) is 10.8. The van der Waals surface area contributed by atoms with Gasteiger partial charge in [-0.25, -0.2) is 4.98 Å². The first-order chi connectivity index (χ1) is 16.3. The van der Waals surface area contributed by atoms with E-state index in [0.717, 1.165) is 22.9 Å². The van der Waals surface area contributed by atoms with Gasteiger partial charge in [0.1, 0.15) is 5.82 Å². The van der Waals surface area contributed by atoms with Crippen LogP contribution in [0, 0.1) is 17.0 Å². The van der Waals surface area contributed by atoms with E-state index in [1.807, 2.05) is 35.8 Å². The molecule has 0 aliphatic carbocycles. The van der Waals surface area contributed by atoms with Crippen LogP contribution in [0.3, 0.4) is 0 Å². The van der Waals surface area contributed by atoms with Gasteiger partial charge in [0, 0.05) is 25.2 Å². The number of benzene rings is 3. The van der Waals surface area contributed by atoms with Gasteiger partial charge in [0.15, 0.2) is 0 Å². The number of amides is 2. The highest BCUT2D eigenvalue weighted by Crippen LogP contribution is 2.24. The maximum Gasteiger partial charge on any atom is 0.270 e. The number of nitrogens with zero attached hydrogens (tertiary/aromatic N) is 3. The topological polar surface area (TPSA) is 119 Å². The maximum atomic E-state index is 12.9. The van der Waals surface area contributed by atoms with Gasteiger partial charge in [-0.15, -0.1) is 0 Å². The molecule has 0 unspecified atom stereocenters. The molecule has 2 amide bonds. The van der Waals surface area contributed by atoms with Crippen LogP contribution in [0.1, 0.15) is 26.5 Å². The number of imidazole rings is 1. The second-order valence-corrected chi connectivity index (χ2v) is 7.88. The number of carbonyl (C=O) groups excluding carboxylic acids is 2. The second kappa shape index (κ2) is 9.72. The SMILES string of the molecule is Cc1nc2ccccc2n1CCNC(=O)c1ccccc1NC(=O)c1ccc([N+](=O)[O-])cc1Cl. The van der Waals surface area contributed by atoms with Crippen LogP contribution in [0.2, 0.25) is 5.02 Å². The molecule has 4 rings (SSSR count). The molecule has 0 aliphatic heterocycles. The number of aromatic nitrogens is 2. The minimum Gasteiger partial charge on any atom is -0.350 e. The molecule has 10 heteroatoms. The van der Waals surface area contributed by atoms with Crippen molar-refractivity contribution >= 4 is 45.8 Å². The Kier molecular flexibility index (Phi) is 6.55. The number of non-ortho nitro benzene ring substituents is 1. The van der Waals surface area contributed by atoms with Crippen LogP contribution in [-0.2, 0) is 6.54 Å². The Balaban J connectivity index is 1.45. The number of rotatable bonds is 7. The smallest absolute Gasteiger partial charge is 0.270 e. The lowest BCUT2D eigenvalue weighted by Crippen LogP contribution is -2.28. The van der Waals surface area contributed by atoms with Crippen molar-refractivity contribution in [2.24, 2.45) is 0 Å². The molecule has 34 heavy (non-hydrogen) atoms. The summed E-state index contributed by atoms with van der Waals surface area (Å²) < 4.78 is 2.03. The van der Waals surface area contributed by atoms with Crippen LogP contribution >= 0.6 is 11.6 Å². The van der Waals surface area contributed by atoms with Crippen LogP contribution in [0.5, 0.6) is 0 Å². The molecule has 0 saturated heterocycles. The summed E-state index contributed by atoms with van der Waals surface area (Å²) in [5.41, 5.74) is 2.29. The molecule has 1 heterocycles. The van der Waals surface area contributed by atoms with Gasteiger partial charge in [-0.05, 0) is 37.3 Å². The van der Waals surface area contributed by atoms with Gasteiger partial charge in [-0.3, -0.25) is 19.7 Å². The number of aryl methyl sites for hydroxylation is 1. The van der Waals surface area contributed by atoms with Crippen molar-refractivity contribution < 1.29 is 14.5 Å². The maximum absolute atomic E-state index is 12.9. The average Bonchev–Trinajstić information content (AvgIpc) is 3.14. The summed E-state index contributed by atoms with van der Waals surface area (Å²) in [4.78, 5) is 40.4. The summed E-state index contributed by atoms with van der Waals surface area (Å²) in [5, 5.41) is 16.4. The summed E-state index contributed by atoms with van der Waals surface area (Å²) in [6.45, 7) is 2.80. The molecular weight excluding hydrogens is 458 g/mol. The molecule has 0 aliphatic rings. The number of halogens is 1.